The number of carbonyl (C=O) groups excluding carboxylic acids is 1. The van der Waals surface area contributed by atoms with Crippen LogP contribution in [0.2, 0.25) is 0 Å². The minimum absolute atomic E-state index is 0.0439. The van der Waals surface area contributed by atoms with Gasteiger partial charge >= 0.3 is 0 Å². The van der Waals surface area contributed by atoms with Gasteiger partial charge < -0.3 is 19.7 Å². The monoisotopic (exact) mass is 348 g/mol. The first kappa shape index (κ1) is 18.1. The van der Waals surface area contributed by atoms with Crippen LogP contribution >= 0.6 is 0 Å². The number of hydrogen-bond acceptors (Lipinski definition) is 6. The molecule has 1 aliphatic carbocycles. The predicted molar refractivity (Wildman–Crippen MR) is 94.7 cm³/mol. The van der Waals surface area contributed by atoms with Gasteiger partial charge in [-0.25, -0.2) is 9.97 Å². The molecule has 3 rings (SSSR count). The largest absolute Gasteiger partial charge is 0.382 e. The molecule has 1 saturated carbocycles. The molecule has 7 nitrogen and oxygen atoms in total. The summed E-state index contributed by atoms with van der Waals surface area (Å²) in [7, 11) is 1.69. The number of hydrogen-bond donors (Lipinski definition) is 1. The number of piperidine rings is 1. The Morgan fingerprint density at radius 2 is 2.04 bits per heavy atom. The number of anilines is 1. The minimum Gasteiger partial charge on any atom is -0.382 e. The number of ether oxygens (including phenoxy) is 2. The summed E-state index contributed by atoms with van der Waals surface area (Å²) in [5.74, 6) is 1.47. The smallest absolute Gasteiger partial charge is 0.217 e. The summed E-state index contributed by atoms with van der Waals surface area (Å²) in [5.41, 5.74) is 1.09. The van der Waals surface area contributed by atoms with Crippen molar-refractivity contribution in [3.63, 3.8) is 0 Å². The quantitative estimate of drug-likeness (QED) is 0.753. The molecule has 2 fully saturated rings. The molecular formula is C18H28N4O3. The third-order valence-electron chi connectivity index (χ3n) is 5.04. The second kappa shape index (κ2) is 8.58. The number of nitrogens with zero attached hydrogens (tertiary/aromatic N) is 3. The highest BCUT2D eigenvalue weighted by Gasteiger charge is 2.32. The Hall–Kier alpha value is -1.73. The third kappa shape index (κ3) is 4.89. The second-order valence-electron chi connectivity index (χ2n) is 6.92. The Morgan fingerprint density at radius 1 is 1.28 bits per heavy atom. The lowest BCUT2D eigenvalue weighted by Crippen LogP contribution is -2.42. The summed E-state index contributed by atoms with van der Waals surface area (Å²) in [5, 5.41) is 2.97. The minimum atomic E-state index is 0.0439. The zero-order valence-electron chi connectivity index (χ0n) is 15.1. The van der Waals surface area contributed by atoms with Crippen LogP contribution in [-0.4, -0.2) is 61.4 Å². The second-order valence-corrected chi connectivity index (χ2v) is 6.92. The molecule has 0 unspecified atom stereocenters. The van der Waals surface area contributed by atoms with Crippen molar-refractivity contribution < 1.29 is 14.3 Å². The zero-order chi connectivity index (χ0) is 17.6. The summed E-state index contributed by atoms with van der Waals surface area (Å²) in [4.78, 5) is 22.3. The molecule has 0 aromatic carbocycles. The Kier molecular flexibility index (Phi) is 6.20. The predicted octanol–water partition coefficient (Wildman–Crippen LogP) is 1.49. The Morgan fingerprint density at radius 3 is 2.72 bits per heavy atom. The van der Waals surface area contributed by atoms with Gasteiger partial charge in [0.1, 0.15) is 12.1 Å². The highest BCUT2D eigenvalue weighted by atomic mass is 16.5. The van der Waals surface area contributed by atoms with E-state index in [9.17, 15) is 4.79 Å². The molecule has 0 bridgehead atoms. The average Bonchev–Trinajstić information content (AvgIpc) is 2.58. The number of aromatic nitrogens is 2. The van der Waals surface area contributed by atoms with Gasteiger partial charge in [-0.1, -0.05) is 0 Å². The summed E-state index contributed by atoms with van der Waals surface area (Å²) in [6, 6.07) is 2.40. The van der Waals surface area contributed by atoms with Crippen molar-refractivity contribution in [3.8, 4) is 0 Å². The van der Waals surface area contributed by atoms with Crippen molar-refractivity contribution in [2.75, 3.05) is 38.3 Å². The van der Waals surface area contributed by atoms with Gasteiger partial charge in [-0.05, 0) is 25.7 Å². The fraction of sp³-hybridized carbons (Fsp3) is 0.722. The number of methoxy groups -OCH3 is 1. The van der Waals surface area contributed by atoms with Crippen LogP contribution in [0.1, 0.15) is 44.2 Å². The van der Waals surface area contributed by atoms with Gasteiger partial charge in [-0.3, -0.25) is 4.79 Å². The van der Waals surface area contributed by atoms with Crippen LogP contribution in [0.4, 0.5) is 5.82 Å². The molecular weight excluding hydrogens is 320 g/mol. The van der Waals surface area contributed by atoms with Gasteiger partial charge in [-0.2, -0.15) is 0 Å². The number of amides is 1. The van der Waals surface area contributed by atoms with Crippen LogP contribution < -0.4 is 10.2 Å². The van der Waals surface area contributed by atoms with Crippen molar-refractivity contribution in [2.45, 2.75) is 50.7 Å². The fourth-order valence-electron chi connectivity index (χ4n) is 3.57. The first-order chi connectivity index (χ1) is 12.2. The SMILES string of the molecule is COCCOC1CCN(c2cc(C3CC(NC(C)=O)C3)ncn2)CC1. The van der Waals surface area contributed by atoms with E-state index in [0.29, 0.717) is 31.3 Å². The van der Waals surface area contributed by atoms with Gasteiger partial charge in [0.05, 0.1) is 19.3 Å². The molecule has 25 heavy (non-hydrogen) atoms. The van der Waals surface area contributed by atoms with E-state index < -0.39 is 0 Å². The normalized spacial score (nSPS) is 24.0. The van der Waals surface area contributed by atoms with E-state index in [-0.39, 0.29) is 5.91 Å². The molecule has 2 heterocycles. The van der Waals surface area contributed by atoms with Crippen LogP contribution in [0.25, 0.3) is 0 Å². The molecule has 1 aromatic heterocycles. The molecule has 1 saturated heterocycles. The Labute approximate surface area is 149 Å². The van der Waals surface area contributed by atoms with Gasteiger partial charge in [0, 0.05) is 50.8 Å². The van der Waals surface area contributed by atoms with Crippen molar-refractivity contribution in [2.24, 2.45) is 0 Å². The van der Waals surface area contributed by atoms with E-state index in [1.165, 1.54) is 0 Å². The van der Waals surface area contributed by atoms with Gasteiger partial charge in [-0.15, -0.1) is 0 Å². The van der Waals surface area contributed by atoms with Crippen molar-refractivity contribution in [1.82, 2.24) is 15.3 Å². The van der Waals surface area contributed by atoms with Crippen LogP contribution in [0.15, 0.2) is 12.4 Å². The maximum absolute atomic E-state index is 11.1. The highest BCUT2D eigenvalue weighted by Crippen LogP contribution is 2.36. The average molecular weight is 348 g/mol. The van der Waals surface area contributed by atoms with E-state index in [4.69, 9.17) is 9.47 Å². The molecule has 0 radical (unpaired) electrons. The molecule has 138 valence electrons. The van der Waals surface area contributed by atoms with E-state index >= 15 is 0 Å². The number of nitrogens with one attached hydrogen (secondary N) is 1. The molecule has 0 atom stereocenters. The molecule has 1 aliphatic heterocycles. The van der Waals surface area contributed by atoms with Crippen molar-refractivity contribution >= 4 is 11.7 Å². The lowest BCUT2D eigenvalue weighted by molar-refractivity contribution is -0.120. The van der Waals surface area contributed by atoms with E-state index in [0.717, 1.165) is 50.3 Å². The molecule has 1 N–H and O–H groups in total. The maximum atomic E-state index is 11.1. The molecule has 1 amide bonds. The van der Waals surface area contributed by atoms with Crippen LogP contribution in [0, 0.1) is 0 Å². The van der Waals surface area contributed by atoms with Crippen LogP contribution in [0.3, 0.4) is 0 Å². The maximum Gasteiger partial charge on any atom is 0.217 e. The summed E-state index contributed by atoms with van der Waals surface area (Å²) in [6.45, 7) is 4.78. The fourth-order valence-corrected chi connectivity index (χ4v) is 3.57. The van der Waals surface area contributed by atoms with Crippen molar-refractivity contribution in [3.05, 3.63) is 18.1 Å². The lowest BCUT2D eigenvalue weighted by Gasteiger charge is -2.36. The topological polar surface area (TPSA) is 76.6 Å². The highest BCUT2D eigenvalue weighted by molar-refractivity contribution is 5.73. The standard InChI is InChI=1S/C18H28N4O3/c1-13(23)21-15-9-14(10-15)17-11-18(20-12-19-17)22-5-3-16(4-6-22)25-8-7-24-2/h11-12,14-16H,3-10H2,1-2H3,(H,21,23). The van der Waals surface area contributed by atoms with E-state index in [1.54, 1.807) is 20.4 Å². The first-order valence-electron chi connectivity index (χ1n) is 9.10. The Bertz CT molecular complexity index is 569. The zero-order valence-corrected chi connectivity index (χ0v) is 15.1. The van der Waals surface area contributed by atoms with Gasteiger partial charge in [0.2, 0.25) is 5.91 Å². The van der Waals surface area contributed by atoms with Gasteiger partial charge in [0.15, 0.2) is 0 Å². The molecule has 0 spiro atoms. The van der Waals surface area contributed by atoms with Crippen LogP contribution in [-0.2, 0) is 14.3 Å². The summed E-state index contributed by atoms with van der Waals surface area (Å²) in [6.07, 6.45) is 5.93. The summed E-state index contributed by atoms with van der Waals surface area (Å²) < 4.78 is 10.8. The number of rotatable bonds is 7. The molecule has 2 aliphatic rings. The molecule has 7 heteroatoms. The number of carbonyl (C=O) groups is 1. The third-order valence-corrected chi connectivity index (χ3v) is 5.04. The van der Waals surface area contributed by atoms with E-state index in [1.807, 2.05) is 0 Å². The van der Waals surface area contributed by atoms with Gasteiger partial charge in [0.25, 0.3) is 0 Å². The lowest BCUT2D eigenvalue weighted by atomic mass is 9.78. The molecule has 1 aromatic rings. The van der Waals surface area contributed by atoms with Crippen LogP contribution in [0.5, 0.6) is 0 Å². The first-order valence-corrected chi connectivity index (χ1v) is 9.10. The Balaban J connectivity index is 1.49. The summed E-state index contributed by atoms with van der Waals surface area (Å²) >= 11 is 0. The van der Waals surface area contributed by atoms with E-state index in [2.05, 4.69) is 26.3 Å². The van der Waals surface area contributed by atoms with Crippen molar-refractivity contribution in [1.29, 1.82) is 0 Å².